The maximum absolute atomic E-state index is 12.6. The van der Waals surface area contributed by atoms with Gasteiger partial charge in [-0.2, -0.15) is 15.4 Å². The van der Waals surface area contributed by atoms with Gasteiger partial charge in [0, 0.05) is 6.54 Å². The third-order valence-corrected chi connectivity index (χ3v) is 3.63. The number of carbonyl (C=O) groups excluding carboxylic acids is 1. The number of hydrogen-bond acceptors (Lipinski definition) is 3. The molecule has 98 valence electrons. The third kappa shape index (κ3) is 1.82. The van der Waals surface area contributed by atoms with Crippen molar-refractivity contribution in [2.24, 2.45) is 0 Å². The molecule has 0 saturated carbocycles. The molecule has 1 N–H and O–H groups in total. The second-order valence-corrected chi connectivity index (χ2v) is 4.74. The molecule has 0 spiro atoms. The Balaban J connectivity index is 2.03. The number of carbonyl (C=O) groups is 1. The number of nitrogens with one attached hydrogen (secondary N) is 1. The van der Waals surface area contributed by atoms with Crippen molar-refractivity contribution < 1.29 is 4.79 Å². The summed E-state index contributed by atoms with van der Waals surface area (Å²) in [5.74, 6) is -0.0640. The lowest BCUT2D eigenvalue weighted by atomic mass is 10.1. The van der Waals surface area contributed by atoms with Gasteiger partial charge in [0.05, 0.1) is 11.4 Å². The highest BCUT2D eigenvalue weighted by Crippen LogP contribution is 2.33. The van der Waals surface area contributed by atoms with E-state index in [2.05, 4.69) is 40.5 Å². The zero-order chi connectivity index (χ0) is 13.4. The highest BCUT2D eigenvalue weighted by molar-refractivity contribution is 6.07. The number of aromatic amines is 1. The Morgan fingerprint density at radius 1 is 1.42 bits per heavy atom. The first-order valence-corrected chi connectivity index (χ1v) is 6.52. The lowest BCUT2D eigenvalue weighted by molar-refractivity contribution is 0.0984. The summed E-state index contributed by atoms with van der Waals surface area (Å²) in [7, 11) is 0. The minimum Gasteiger partial charge on any atom is -0.306 e. The Kier molecular flexibility index (Phi) is 2.81. The van der Waals surface area contributed by atoms with E-state index in [9.17, 15) is 4.79 Å². The molecule has 0 radical (unpaired) electrons. The second-order valence-electron chi connectivity index (χ2n) is 4.74. The van der Waals surface area contributed by atoms with E-state index in [-0.39, 0.29) is 5.91 Å². The molecule has 1 aliphatic heterocycles. The van der Waals surface area contributed by atoms with Crippen LogP contribution >= 0.6 is 0 Å². The van der Waals surface area contributed by atoms with E-state index in [4.69, 9.17) is 0 Å². The van der Waals surface area contributed by atoms with Crippen molar-refractivity contribution >= 4 is 11.6 Å². The number of hydrogen-bond donors (Lipinski definition) is 1. The van der Waals surface area contributed by atoms with Crippen molar-refractivity contribution in [2.45, 2.75) is 26.7 Å². The monoisotopic (exact) mass is 256 g/mol. The third-order valence-electron chi connectivity index (χ3n) is 3.63. The van der Waals surface area contributed by atoms with Gasteiger partial charge < -0.3 is 4.90 Å². The maximum Gasteiger partial charge on any atom is 0.280 e. The summed E-state index contributed by atoms with van der Waals surface area (Å²) in [5.41, 5.74) is 4.59. The van der Waals surface area contributed by atoms with Gasteiger partial charge in [-0.1, -0.05) is 25.1 Å². The zero-order valence-electron chi connectivity index (χ0n) is 11.1. The smallest absolute Gasteiger partial charge is 0.280 e. The highest BCUT2D eigenvalue weighted by atomic mass is 16.2. The molecule has 1 aromatic carbocycles. The predicted molar refractivity (Wildman–Crippen MR) is 72.3 cm³/mol. The quantitative estimate of drug-likeness (QED) is 0.892. The van der Waals surface area contributed by atoms with Crippen LogP contribution in [0.15, 0.2) is 18.2 Å². The van der Waals surface area contributed by atoms with Crippen LogP contribution in [0, 0.1) is 6.92 Å². The molecule has 19 heavy (non-hydrogen) atoms. The molecule has 5 nitrogen and oxygen atoms in total. The topological polar surface area (TPSA) is 61.9 Å². The SMILES string of the molecule is CCc1cccc2c1N(C(=O)c1n[nH]nc1C)CC2. The highest BCUT2D eigenvalue weighted by Gasteiger charge is 2.29. The number of para-hydroxylation sites is 1. The first kappa shape index (κ1) is 11.9. The van der Waals surface area contributed by atoms with Gasteiger partial charge in [0.15, 0.2) is 5.69 Å². The molecule has 5 heteroatoms. The van der Waals surface area contributed by atoms with Crippen LogP contribution in [0.3, 0.4) is 0 Å². The number of benzene rings is 1. The molecular formula is C14H16N4O. The molecule has 0 atom stereocenters. The number of fused-ring (bicyclic) bond motifs is 1. The van der Waals surface area contributed by atoms with Crippen LogP contribution in [-0.2, 0) is 12.8 Å². The normalized spacial score (nSPS) is 13.7. The molecule has 1 aliphatic rings. The first-order valence-electron chi connectivity index (χ1n) is 6.52. The lowest BCUT2D eigenvalue weighted by Gasteiger charge is -2.19. The molecule has 3 rings (SSSR count). The Hall–Kier alpha value is -2.17. The summed E-state index contributed by atoms with van der Waals surface area (Å²) < 4.78 is 0. The van der Waals surface area contributed by atoms with Gasteiger partial charge in [-0.05, 0) is 30.9 Å². The number of aryl methyl sites for hydroxylation is 2. The average molecular weight is 256 g/mol. The molecule has 2 heterocycles. The summed E-state index contributed by atoms with van der Waals surface area (Å²) in [4.78, 5) is 14.4. The van der Waals surface area contributed by atoms with Crippen molar-refractivity contribution in [3.05, 3.63) is 40.7 Å². The zero-order valence-corrected chi connectivity index (χ0v) is 11.1. The van der Waals surface area contributed by atoms with Crippen LogP contribution in [0.4, 0.5) is 5.69 Å². The molecule has 1 aromatic heterocycles. The van der Waals surface area contributed by atoms with Gasteiger partial charge in [0.25, 0.3) is 5.91 Å². The van der Waals surface area contributed by atoms with Crippen LogP contribution in [0.1, 0.15) is 34.2 Å². The van der Waals surface area contributed by atoms with Gasteiger partial charge in [-0.15, -0.1) is 0 Å². The van der Waals surface area contributed by atoms with Gasteiger partial charge in [-0.25, -0.2) is 0 Å². The molecule has 1 amide bonds. The molecule has 0 fully saturated rings. The van der Waals surface area contributed by atoms with Gasteiger partial charge in [0.1, 0.15) is 0 Å². The van der Waals surface area contributed by atoms with Gasteiger partial charge in [-0.3, -0.25) is 4.79 Å². The number of H-pyrrole nitrogens is 1. The first-order chi connectivity index (χ1) is 9.22. The molecule has 2 aromatic rings. The fourth-order valence-corrected chi connectivity index (χ4v) is 2.64. The van der Waals surface area contributed by atoms with Crippen LogP contribution in [-0.4, -0.2) is 27.9 Å². The average Bonchev–Trinajstić information content (AvgIpc) is 3.03. The standard InChI is InChI=1S/C14H16N4O/c1-3-10-5-4-6-11-7-8-18(13(10)11)14(19)12-9(2)15-17-16-12/h4-6H,3,7-8H2,1-2H3,(H,15,16,17). The van der Waals surface area contributed by atoms with E-state index in [0.717, 1.165) is 25.1 Å². The van der Waals surface area contributed by atoms with Crippen LogP contribution in [0.5, 0.6) is 0 Å². The fraction of sp³-hybridized carbons (Fsp3) is 0.357. The molecular weight excluding hydrogens is 240 g/mol. The number of nitrogens with zero attached hydrogens (tertiary/aromatic N) is 3. The van der Waals surface area contributed by atoms with Crippen molar-refractivity contribution in [3.63, 3.8) is 0 Å². The molecule has 0 unspecified atom stereocenters. The van der Waals surface area contributed by atoms with Gasteiger partial charge in [0.2, 0.25) is 0 Å². The number of anilines is 1. The summed E-state index contributed by atoms with van der Waals surface area (Å²) in [6, 6.07) is 6.24. The molecule has 0 bridgehead atoms. The lowest BCUT2D eigenvalue weighted by Crippen LogP contribution is -2.30. The van der Waals surface area contributed by atoms with E-state index < -0.39 is 0 Å². The van der Waals surface area contributed by atoms with Crippen molar-refractivity contribution in [1.82, 2.24) is 15.4 Å². The number of rotatable bonds is 2. The summed E-state index contributed by atoms with van der Waals surface area (Å²) in [6.07, 6.45) is 1.83. The summed E-state index contributed by atoms with van der Waals surface area (Å²) in [5, 5.41) is 10.4. The Bertz CT molecular complexity index is 632. The Labute approximate surface area is 111 Å². The van der Waals surface area contributed by atoms with E-state index in [1.807, 2.05) is 4.90 Å². The van der Waals surface area contributed by atoms with Crippen molar-refractivity contribution in [3.8, 4) is 0 Å². The summed E-state index contributed by atoms with van der Waals surface area (Å²) in [6.45, 7) is 4.62. The second kappa shape index (κ2) is 4.50. The molecule has 0 saturated heterocycles. The summed E-state index contributed by atoms with van der Waals surface area (Å²) >= 11 is 0. The van der Waals surface area contributed by atoms with E-state index in [1.54, 1.807) is 6.92 Å². The van der Waals surface area contributed by atoms with E-state index in [1.165, 1.54) is 11.1 Å². The molecule has 0 aliphatic carbocycles. The van der Waals surface area contributed by atoms with Crippen LogP contribution in [0.2, 0.25) is 0 Å². The van der Waals surface area contributed by atoms with Crippen LogP contribution < -0.4 is 4.90 Å². The predicted octanol–water partition coefficient (Wildman–Crippen LogP) is 1.88. The van der Waals surface area contributed by atoms with Crippen molar-refractivity contribution in [2.75, 3.05) is 11.4 Å². The Morgan fingerprint density at radius 3 is 2.95 bits per heavy atom. The minimum absolute atomic E-state index is 0.0640. The number of aromatic nitrogens is 3. The van der Waals surface area contributed by atoms with E-state index >= 15 is 0 Å². The fourth-order valence-electron chi connectivity index (χ4n) is 2.64. The Morgan fingerprint density at radius 2 is 2.26 bits per heavy atom. The van der Waals surface area contributed by atoms with Gasteiger partial charge >= 0.3 is 0 Å². The number of amides is 1. The van der Waals surface area contributed by atoms with Crippen molar-refractivity contribution in [1.29, 1.82) is 0 Å². The largest absolute Gasteiger partial charge is 0.306 e. The van der Waals surface area contributed by atoms with Crippen LogP contribution in [0.25, 0.3) is 0 Å². The van der Waals surface area contributed by atoms with E-state index in [0.29, 0.717) is 11.4 Å². The minimum atomic E-state index is -0.0640. The maximum atomic E-state index is 12.6.